The molecule has 1 atom stereocenters. The third-order valence-corrected chi connectivity index (χ3v) is 13.8. The molecule has 0 aromatic rings. The molecule has 0 rings (SSSR count). The molecule has 0 aromatic heterocycles. The van der Waals surface area contributed by atoms with Crippen LogP contribution >= 0.6 is 0 Å². The molecule has 0 bridgehead atoms. The molecule has 0 fully saturated rings. The first-order valence-electron chi connectivity index (χ1n) is 32.2. The fourth-order valence-corrected chi connectivity index (χ4v) is 9.01. The number of carbonyl (C=O) groups excluding carboxylic acids is 3. The van der Waals surface area contributed by atoms with Gasteiger partial charge in [0.1, 0.15) is 13.2 Å². The highest BCUT2D eigenvalue weighted by Crippen LogP contribution is 2.16. The molecule has 0 aliphatic heterocycles. The van der Waals surface area contributed by atoms with Gasteiger partial charge in [0, 0.05) is 19.3 Å². The van der Waals surface area contributed by atoms with Crippen molar-refractivity contribution in [3.63, 3.8) is 0 Å². The monoisotopic (exact) mass is 1060 g/mol. The van der Waals surface area contributed by atoms with Crippen LogP contribution < -0.4 is 0 Å². The van der Waals surface area contributed by atoms with Crippen molar-refractivity contribution < 1.29 is 28.6 Å². The second-order valence-electron chi connectivity index (χ2n) is 21.3. The molecule has 0 amide bonds. The number of carbonyl (C=O) groups is 3. The number of unbranched alkanes of at least 4 members (excludes halogenated alkanes) is 31. The van der Waals surface area contributed by atoms with Crippen LogP contribution in [0.1, 0.15) is 310 Å². The number of ether oxygens (including phenoxy) is 3. The Morgan fingerprint density at radius 3 is 0.803 bits per heavy atom. The number of hydrogen-bond donors (Lipinski definition) is 0. The molecular formula is C70H120O6. The van der Waals surface area contributed by atoms with Gasteiger partial charge in [-0.1, -0.05) is 285 Å². The number of rotatable bonds is 58. The molecule has 0 N–H and O–H groups in total. The molecule has 0 aliphatic carbocycles. The lowest BCUT2D eigenvalue weighted by Gasteiger charge is -2.18. The Labute approximate surface area is 470 Å². The maximum atomic E-state index is 12.8. The second kappa shape index (κ2) is 63.9. The van der Waals surface area contributed by atoms with E-state index < -0.39 is 6.10 Å². The maximum absolute atomic E-state index is 12.8. The van der Waals surface area contributed by atoms with Crippen LogP contribution in [0.25, 0.3) is 0 Å². The third kappa shape index (κ3) is 61.2. The van der Waals surface area contributed by atoms with E-state index in [4.69, 9.17) is 14.2 Å². The standard InChI is InChI=1S/C70H120O6/c1-4-7-10-13-16-18-20-22-24-26-28-30-32-33-34-35-36-37-39-40-42-44-46-48-50-52-54-57-60-63-69(72)75-66-67(65-74-68(71)62-59-56-15-12-9-6-3)76-70(73)64-61-58-55-53-51-49-47-45-43-41-38-31-29-27-25-23-21-19-17-14-11-8-5-2/h8,11,17,19-20,22-23,25-26,28-29,31,41,43,47,49,67H,4-7,9-10,12-16,18,21,24,27,30,32-40,42,44-46,48,50-66H2,1-3H3/b11-8-,19-17-,22-20-,25-23-,28-26-,31-29-,43-41-,49-47-. The number of allylic oxidation sites excluding steroid dienone is 16. The van der Waals surface area contributed by atoms with Crippen LogP contribution in [0.2, 0.25) is 0 Å². The van der Waals surface area contributed by atoms with Gasteiger partial charge in [0.25, 0.3) is 0 Å². The van der Waals surface area contributed by atoms with Crippen molar-refractivity contribution in [3.05, 3.63) is 97.2 Å². The van der Waals surface area contributed by atoms with Crippen molar-refractivity contribution in [1.82, 2.24) is 0 Å². The Bertz CT molecular complexity index is 1490. The van der Waals surface area contributed by atoms with Crippen LogP contribution in [0.4, 0.5) is 0 Å². The number of hydrogen-bond acceptors (Lipinski definition) is 6. The zero-order valence-corrected chi connectivity index (χ0v) is 50.0. The molecule has 1 unspecified atom stereocenters. The fourth-order valence-electron chi connectivity index (χ4n) is 9.01. The Balaban J connectivity index is 4.10. The van der Waals surface area contributed by atoms with Gasteiger partial charge in [0.2, 0.25) is 0 Å². The highest BCUT2D eigenvalue weighted by Gasteiger charge is 2.19. The normalized spacial score (nSPS) is 12.7. The van der Waals surface area contributed by atoms with E-state index in [9.17, 15) is 14.4 Å². The van der Waals surface area contributed by atoms with Gasteiger partial charge in [-0.15, -0.1) is 0 Å². The molecule has 76 heavy (non-hydrogen) atoms. The van der Waals surface area contributed by atoms with Crippen LogP contribution in [0.15, 0.2) is 97.2 Å². The Morgan fingerprint density at radius 2 is 0.513 bits per heavy atom. The predicted molar refractivity (Wildman–Crippen MR) is 330 cm³/mol. The minimum atomic E-state index is -0.789. The molecule has 0 aromatic carbocycles. The molecule has 0 saturated carbocycles. The van der Waals surface area contributed by atoms with Crippen molar-refractivity contribution in [2.45, 2.75) is 316 Å². The smallest absolute Gasteiger partial charge is 0.306 e. The second-order valence-corrected chi connectivity index (χ2v) is 21.3. The minimum absolute atomic E-state index is 0.0862. The number of esters is 3. The molecule has 6 nitrogen and oxygen atoms in total. The SMILES string of the molecule is CC/C=C\C/C=C\C/C=C\C/C=C\C/C=C\C/C=C\CCCCCCC(=O)OC(COC(=O)CCCCCCCC)COC(=O)CCCCCCCCCCCCCCCCCCC/C=C\C/C=C\CCCCCCC. The van der Waals surface area contributed by atoms with E-state index in [2.05, 4.69) is 118 Å². The molecular weight excluding hydrogens is 937 g/mol. The van der Waals surface area contributed by atoms with Crippen LogP contribution in [0, 0.1) is 0 Å². The molecule has 6 heteroatoms. The summed E-state index contributed by atoms with van der Waals surface area (Å²) < 4.78 is 16.8. The average Bonchev–Trinajstić information content (AvgIpc) is 3.42. The van der Waals surface area contributed by atoms with Gasteiger partial charge < -0.3 is 14.2 Å². The molecule has 436 valence electrons. The van der Waals surface area contributed by atoms with Gasteiger partial charge >= 0.3 is 17.9 Å². The Hall–Kier alpha value is -3.67. The zero-order chi connectivity index (χ0) is 55.0. The summed E-state index contributed by atoms with van der Waals surface area (Å²) in [6.07, 6.45) is 86.0. The van der Waals surface area contributed by atoms with E-state index in [0.29, 0.717) is 19.3 Å². The van der Waals surface area contributed by atoms with E-state index in [1.165, 1.54) is 154 Å². The third-order valence-electron chi connectivity index (χ3n) is 13.8. The first-order chi connectivity index (χ1) is 37.5. The van der Waals surface area contributed by atoms with Crippen LogP contribution in [0.5, 0.6) is 0 Å². The molecule has 0 heterocycles. The summed E-state index contributed by atoms with van der Waals surface area (Å²) in [5, 5.41) is 0. The summed E-state index contributed by atoms with van der Waals surface area (Å²) in [4.78, 5) is 38.0. The van der Waals surface area contributed by atoms with E-state index in [1.54, 1.807) is 0 Å². The average molecular weight is 1060 g/mol. The van der Waals surface area contributed by atoms with Crippen molar-refractivity contribution in [2.24, 2.45) is 0 Å². The van der Waals surface area contributed by atoms with E-state index >= 15 is 0 Å². The quantitative estimate of drug-likeness (QED) is 0.0261. The lowest BCUT2D eigenvalue weighted by atomic mass is 10.0. The Kier molecular flexibility index (Phi) is 60.8. The first-order valence-corrected chi connectivity index (χ1v) is 32.2. The summed E-state index contributed by atoms with van der Waals surface area (Å²) in [5.74, 6) is -0.913. The van der Waals surface area contributed by atoms with Crippen molar-refractivity contribution in [2.75, 3.05) is 13.2 Å². The van der Waals surface area contributed by atoms with Gasteiger partial charge in [0.15, 0.2) is 6.10 Å². The van der Waals surface area contributed by atoms with Gasteiger partial charge in [0.05, 0.1) is 0 Å². The summed E-state index contributed by atoms with van der Waals surface area (Å²) in [5.41, 5.74) is 0. The topological polar surface area (TPSA) is 78.9 Å². The lowest BCUT2D eigenvalue weighted by Crippen LogP contribution is -2.30. The molecule has 0 aliphatic rings. The van der Waals surface area contributed by atoms with E-state index in [1.807, 2.05) is 0 Å². The maximum Gasteiger partial charge on any atom is 0.306 e. The summed E-state index contributed by atoms with van der Waals surface area (Å²) >= 11 is 0. The Morgan fingerprint density at radius 1 is 0.276 bits per heavy atom. The van der Waals surface area contributed by atoms with Crippen molar-refractivity contribution in [3.8, 4) is 0 Å². The minimum Gasteiger partial charge on any atom is -0.462 e. The first kappa shape index (κ1) is 72.3. The van der Waals surface area contributed by atoms with Gasteiger partial charge in [-0.05, 0) is 103 Å². The fraction of sp³-hybridized carbons (Fsp3) is 0.729. The van der Waals surface area contributed by atoms with Gasteiger partial charge in [-0.25, -0.2) is 0 Å². The highest BCUT2D eigenvalue weighted by molar-refractivity contribution is 5.71. The van der Waals surface area contributed by atoms with Gasteiger partial charge in [-0.3, -0.25) is 14.4 Å². The largest absolute Gasteiger partial charge is 0.462 e. The van der Waals surface area contributed by atoms with E-state index in [-0.39, 0.29) is 31.1 Å². The predicted octanol–water partition coefficient (Wildman–Crippen LogP) is 22.0. The highest BCUT2D eigenvalue weighted by atomic mass is 16.6. The summed E-state index contributed by atoms with van der Waals surface area (Å²) in [6, 6.07) is 0. The van der Waals surface area contributed by atoms with Crippen molar-refractivity contribution >= 4 is 17.9 Å². The van der Waals surface area contributed by atoms with Crippen LogP contribution in [-0.2, 0) is 28.6 Å². The van der Waals surface area contributed by atoms with Crippen LogP contribution in [-0.4, -0.2) is 37.2 Å². The van der Waals surface area contributed by atoms with Crippen LogP contribution in [0.3, 0.4) is 0 Å². The summed E-state index contributed by atoms with van der Waals surface area (Å²) in [7, 11) is 0. The van der Waals surface area contributed by atoms with E-state index in [0.717, 1.165) is 116 Å². The molecule has 0 spiro atoms. The summed E-state index contributed by atoms with van der Waals surface area (Å²) in [6.45, 7) is 6.46. The molecule has 0 saturated heterocycles. The lowest BCUT2D eigenvalue weighted by molar-refractivity contribution is -0.167. The zero-order valence-electron chi connectivity index (χ0n) is 50.0. The van der Waals surface area contributed by atoms with Crippen molar-refractivity contribution in [1.29, 1.82) is 0 Å². The molecule has 0 radical (unpaired) electrons. The van der Waals surface area contributed by atoms with Gasteiger partial charge in [-0.2, -0.15) is 0 Å².